The molecule has 3 aromatic rings. The van der Waals surface area contributed by atoms with Crippen molar-refractivity contribution in [1.82, 2.24) is 4.98 Å². The molecule has 1 amide bonds. The first-order valence-corrected chi connectivity index (χ1v) is 13.5. The molecular formula is C28H31N3O4S. The Bertz CT molecular complexity index is 1210. The van der Waals surface area contributed by atoms with Gasteiger partial charge in [-0.1, -0.05) is 55.0 Å². The number of anilines is 2. The van der Waals surface area contributed by atoms with Crippen LogP contribution in [0.2, 0.25) is 0 Å². The summed E-state index contributed by atoms with van der Waals surface area (Å²) in [6, 6.07) is 18.0. The average Bonchev–Trinajstić information content (AvgIpc) is 3.59. The fraction of sp³-hybridized carbons (Fsp3) is 0.393. The van der Waals surface area contributed by atoms with Crippen molar-refractivity contribution in [1.29, 1.82) is 0 Å². The Labute approximate surface area is 215 Å². The molecule has 1 aromatic heterocycles. The first-order valence-electron chi connectivity index (χ1n) is 12.6. The number of thiazole rings is 1. The molecule has 5 rings (SSSR count). The number of hydrogen-bond acceptors (Lipinski definition) is 7. The van der Waals surface area contributed by atoms with Gasteiger partial charge in [0.2, 0.25) is 0 Å². The summed E-state index contributed by atoms with van der Waals surface area (Å²) in [5, 5.41) is 2.57. The molecule has 0 saturated heterocycles. The van der Waals surface area contributed by atoms with Crippen LogP contribution in [-0.4, -0.2) is 36.2 Å². The number of amides is 1. The molecule has 1 aliphatic carbocycles. The van der Waals surface area contributed by atoms with Crippen LogP contribution in [0.3, 0.4) is 0 Å². The van der Waals surface area contributed by atoms with Gasteiger partial charge in [-0.05, 0) is 43.9 Å². The highest BCUT2D eigenvalue weighted by molar-refractivity contribution is 7.13. The van der Waals surface area contributed by atoms with E-state index in [9.17, 15) is 9.59 Å². The van der Waals surface area contributed by atoms with Crippen LogP contribution in [0.4, 0.5) is 15.6 Å². The second kappa shape index (κ2) is 10.7. The summed E-state index contributed by atoms with van der Waals surface area (Å²) in [4.78, 5) is 34.5. The highest BCUT2D eigenvalue weighted by Gasteiger charge is 2.48. The van der Waals surface area contributed by atoms with Crippen molar-refractivity contribution in [3.8, 4) is 0 Å². The Kier molecular flexibility index (Phi) is 7.23. The standard InChI is InChI=1S/C28H31N3O4S/c1-3-30(27-29-22(18-36-27)26(32)34-4-2)25-20-13-8-9-15-23(20)31(24-16-10-14-21(24)25)28(33)35-17-19-11-6-5-7-12-19/h5-9,11-13,15,18,21,24-25H,3-4,10,14,16-17H2,1-2H3/t21-,24+,25-/m0/s1. The predicted octanol–water partition coefficient (Wildman–Crippen LogP) is 6.21. The van der Waals surface area contributed by atoms with E-state index in [0.29, 0.717) is 12.3 Å². The summed E-state index contributed by atoms with van der Waals surface area (Å²) >= 11 is 1.46. The molecular weight excluding hydrogens is 474 g/mol. The smallest absolute Gasteiger partial charge is 0.414 e. The zero-order chi connectivity index (χ0) is 25.1. The van der Waals surface area contributed by atoms with Gasteiger partial charge in [0.1, 0.15) is 6.61 Å². The number of aromatic nitrogens is 1. The topological polar surface area (TPSA) is 72.0 Å². The predicted molar refractivity (Wildman–Crippen MR) is 141 cm³/mol. The van der Waals surface area contributed by atoms with Crippen LogP contribution in [0, 0.1) is 5.92 Å². The fourth-order valence-corrected chi connectivity index (χ4v) is 6.49. The molecule has 8 heteroatoms. The van der Waals surface area contributed by atoms with Gasteiger partial charge in [-0.2, -0.15) is 0 Å². The minimum atomic E-state index is -0.397. The minimum absolute atomic E-state index is 0.0479. The first kappa shape index (κ1) is 24.3. The van der Waals surface area contributed by atoms with Crippen molar-refractivity contribution >= 4 is 34.2 Å². The summed E-state index contributed by atoms with van der Waals surface area (Å²) in [7, 11) is 0. The van der Waals surface area contributed by atoms with Crippen molar-refractivity contribution in [3.63, 3.8) is 0 Å². The van der Waals surface area contributed by atoms with Gasteiger partial charge in [0.25, 0.3) is 0 Å². The van der Waals surface area contributed by atoms with Gasteiger partial charge < -0.3 is 14.4 Å². The lowest BCUT2D eigenvalue weighted by Gasteiger charge is -2.46. The van der Waals surface area contributed by atoms with E-state index < -0.39 is 5.97 Å². The molecule has 2 heterocycles. The quantitative estimate of drug-likeness (QED) is 0.355. The summed E-state index contributed by atoms with van der Waals surface area (Å²) in [6.07, 6.45) is 2.69. The van der Waals surface area contributed by atoms with Crippen LogP contribution < -0.4 is 9.80 Å². The molecule has 0 N–H and O–H groups in total. The average molecular weight is 506 g/mol. The van der Waals surface area contributed by atoms with Crippen molar-refractivity contribution < 1.29 is 19.1 Å². The molecule has 188 valence electrons. The SMILES string of the molecule is CCOC(=O)c1csc(N(CC)[C@H]2c3ccccc3N(C(=O)OCc3ccccc3)[C@@H]3CCC[C@@H]32)n1. The normalized spacial score (nSPS) is 20.4. The zero-order valence-electron chi connectivity index (χ0n) is 20.6. The highest BCUT2D eigenvalue weighted by atomic mass is 32.1. The summed E-state index contributed by atoms with van der Waals surface area (Å²) in [6.45, 7) is 5.20. The second-order valence-electron chi connectivity index (χ2n) is 9.10. The number of hydrogen-bond donors (Lipinski definition) is 0. The Balaban J connectivity index is 1.47. The highest BCUT2D eigenvalue weighted by Crippen LogP contribution is 2.51. The molecule has 0 radical (unpaired) electrons. The minimum Gasteiger partial charge on any atom is -0.461 e. The van der Waals surface area contributed by atoms with Gasteiger partial charge in [-0.25, -0.2) is 14.6 Å². The lowest BCUT2D eigenvalue weighted by molar-refractivity contribution is 0.0520. The molecule has 1 saturated carbocycles. The number of rotatable bonds is 7. The number of fused-ring (bicyclic) bond motifs is 2. The fourth-order valence-electron chi connectivity index (χ4n) is 5.59. The molecule has 7 nitrogen and oxygen atoms in total. The maximum Gasteiger partial charge on any atom is 0.414 e. The maximum atomic E-state index is 13.5. The van der Waals surface area contributed by atoms with Crippen molar-refractivity contribution in [2.45, 2.75) is 51.8 Å². The maximum absolute atomic E-state index is 13.5. The van der Waals surface area contributed by atoms with Gasteiger partial charge in [-0.15, -0.1) is 11.3 Å². The van der Waals surface area contributed by atoms with Crippen LogP contribution in [-0.2, 0) is 16.1 Å². The monoisotopic (exact) mass is 505 g/mol. The first-order chi connectivity index (χ1) is 17.6. The van der Waals surface area contributed by atoms with E-state index in [4.69, 9.17) is 9.47 Å². The van der Waals surface area contributed by atoms with Gasteiger partial charge in [0.05, 0.1) is 18.3 Å². The van der Waals surface area contributed by atoms with Crippen LogP contribution in [0.15, 0.2) is 60.0 Å². The van der Waals surface area contributed by atoms with E-state index in [1.165, 1.54) is 11.3 Å². The molecule has 1 aliphatic heterocycles. The van der Waals surface area contributed by atoms with E-state index in [1.807, 2.05) is 53.4 Å². The number of carbonyl (C=O) groups is 2. The molecule has 0 unspecified atom stereocenters. The lowest BCUT2D eigenvalue weighted by Crippen LogP contribution is -2.51. The molecule has 0 spiro atoms. The number of benzene rings is 2. The van der Waals surface area contributed by atoms with Gasteiger partial charge in [-0.3, -0.25) is 4.90 Å². The van der Waals surface area contributed by atoms with Gasteiger partial charge in [0.15, 0.2) is 10.8 Å². The molecule has 0 bridgehead atoms. The van der Waals surface area contributed by atoms with Crippen LogP contribution >= 0.6 is 11.3 Å². The summed E-state index contributed by atoms with van der Waals surface area (Å²) in [5.41, 5.74) is 3.29. The third-order valence-electron chi connectivity index (χ3n) is 7.08. The van der Waals surface area contributed by atoms with Gasteiger partial charge >= 0.3 is 12.1 Å². The van der Waals surface area contributed by atoms with Crippen molar-refractivity contribution in [2.24, 2.45) is 5.92 Å². The number of nitrogens with zero attached hydrogens (tertiary/aromatic N) is 3. The molecule has 3 atom stereocenters. The van der Waals surface area contributed by atoms with E-state index in [0.717, 1.165) is 47.8 Å². The Morgan fingerprint density at radius 3 is 2.61 bits per heavy atom. The lowest BCUT2D eigenvalue weighted by atomic mass is 9.82. The second-order valence-corrected chi connectivity index (χ2v) is 9.93. The van der Waals surface area contributed by atoms with Crippen molar-refractivity contribution in [3.05, 3.63) is 76.8 Å². The van der Waals surface area contributed by atoms with Crippen molar-refractivity contribution in [2.75, 3.05) is 23.0 Å². The van der Waals surface area contributed by atoms with E-state index in [2.05, 4.69) is 22.9 Å². The number of para-hydroxylation sites is 1. The van der Waals surface area contributed by atoms with E-state index in [1.54, 1.807) is 12.3 Å². The van der Waals surface area contributed by atoms with Gasteiger partial charge in [0, 0.05) is 23.9 Å². The van der Waals surface area contributed by atoms with Crippen LogP contribution in [0.5, 0.6) is 0 Å². The van der Waals surface area contributed by atoms with E-state index in [-0.39, 0.29) is 30.7 Å². The van der Waals surface area contributed by atoms with Crippen LogP contribution in [0.25, 0.3) is 0 Å². The zero-order valence-corrected chi connectivity index (χ0v) is 21.4. The summed E-state index contributed by atoms with van der Waals surface area (Å²) in [5.74, 6) is -0.162. The van der Waals surface area contributed by atoms with E-state index >= 15 is 0 Å². The van der Waals surface area contributed by atoms with Crippen LogP contribution in [0.1, 0.15) is 60.8 Å². The number of carbonyl (C=O) groups excluding carboxylic acids is 2. The third-order valence-corrected chi connectivity index (χ3v) is 7.96. The number of esters is 1. The Hall–Kier alpha value is -3.39. The molecule has 36 heavy (non-hydrogen) atoms. The third kappa shape index (κ3) is 4.57. The molecule has 2 aliphatic rings. The summed E-state index contributed by atoms with van der Waals surface area (Å²) < 4.78 is 11.0. The Morgan fingerprint density at radius 1 is 1.06 bits per heavy atom. The Morgan fingerprint density at radius 2 is 1.83 bits per heavy atom. The number of ether oxygens (including phenoxy) is 2. The largest absolute Gasteiger partial charge is 0.461 e. The molecule has 2 aromatic carbocycles. The molecule has 1 fully saturated rings.